The van der Waals surface area contributed by atoms with Crippen molar-refractivity contribution in [1.82, 2.24) is 4.98 Å². The summed E-state index contributed by atoms with van der Waals surface area (Å²) in [5.74, 6) is 0.571. The van der Waals surface area contributed by atoms with Gasteiger partial charge < -0.3 is 5.73 Å². The monoisotopic (exact) mass is 260 g/mol. The lowest BCUT2D eigenvalue weighted by atomic mass is 10.0. The highest BCUT2D eigenvalue weighted by atomic mass is 32.1. The van der Waals surface area contributed by atoms with E-state index >= 15 is 0 Å². The summed E-state index contributed by atoms with van der Waals surface area (Å²) < 4.78 is 0. The van der Waals surface area contributed by atoms with Crippen LogP contribution >= 0.6 is 11.3 Å². The zero-order chi connectivity index (χ0) is 13.1. The maximum atomic E-state index is 5.75. The van der Waals surface area contributed by atoms with Crippen molar-refractivity contribution in [2.75, 3.05) is 0 Å². The number of benzene rings is 1. The number of aryl methyl sites for hydroxylation is 1. The molecule has 0 saturated heterocycles. The van der Waals surface area contributed by atoms with Crippen LogP contribution in [0.15, 0.2) is 24.3 Å². The van der Waals surface area contributed by atoms with Crippen LogP contribution in [0.2, 0.25) is 0 Å². The number of nitrogens with two attached hydrogens (primary N) is 1. The molecule has 0 aliphatic carbocycles. The van der Waals surface area contributed by atoms with Gasteiger partial charge in [0.15, 0.2) is 0 Å². The van der Waals surface area contributed by atoms with Crippen molar-refractivity contribution < 1.29 is 0 Å². The molecule has 96 valence electrons. The minimum atomic E-state index is 0.571. The van der Waals surface area contributed by atoms with Gasteiger partial charge in [-0.3, -0.25) is 0 Å². The molecule has 0 atom stereocenters. The van der Waals surface area contributed by atoms with E-state index in [0.29, 0.717) is 12.5 Å². The lowest BCUT2D eigenvalue weighted by molar-refractivity contribution is 0.867. The third kappa shape index (κ3) is 2.62. The first-order valence-electron chi connectivity index (χ1n) is 6.44. The van der Waals surface area contributed by atoms with Crippen molar-refractivity contribution in [1.29, 1.82) is 0 Å². The molecule has 3 heteroatoms. The molecular formula is C15H20N2S. The first-order valence-corrected chi connectivity index (χ1v) is 7.26. The van der Waals surface area contributed by atoms with Gasteiger partial charge >= 0.3 is 0 Å². The molecule has 18 heavy (non-hydrogen) atoms. The van der Waals surface area contributed by atoms with Gasteiger partial charge in [-0.2, -0.15) is 0 Å². The lowest BCUT2D eigenvalue weighted by Crippen LogP contribution is -1.96. The maximum absolute atomic E-state index is 5.75. The zero-order valence-electron chi connectivity index (χ0n) is 11.2. The molecule has 2 rings (SSSR count). The molecule has 0 bridgehead atoms. The normalized spacial score (nSPS) is 11.2. The number of hydrogen-bond donors (Lipinski definition) is 1. The quantitative estimate of drug-likeness (QED) is 0.904. The molecule has 0 aliphatic heterocycles. The summed E-state index contributed by atoms with van der Waals surface area (Å²) in [7, 11) is 0. The molecule has 1 aromatic heterocycles. The van der Waals surface area contributed by atoms with Gasteiger partial charge in [-0.05, 0) is 17.9 Å². The molecule has 2 N–H and O–H groups in total. The van der Waals surface area contributed by atoms with E-state index in [9.17, 15) is 0 Å². The number of aromatic nitrogens is 1. The van der Waals surface area contributed by atoms with Gasteiger partial charge in [0.1, 0.15) is 5.01 Å². The Morgan fingerprint density at radius 1 is 1.22 bits per heavy atom. The molecule has 0 unspecified atom stereocenters. The predicted molar refractivity (Wildman–Crippen MR) is 78.9 cm³/mol. The lowest BCUT2D eigenvalue weighted by Gasteiger charge is -2.05. The first-order chi connectivity index (χ1) is 8.65. The van der Waals surface area contributed by atoms with Gasteiger partial charge in [0.2, 0.25) is 0 Å². The van der Waals surface area contributed by atoms with Crippen molar-refractivity contribution in [3.8, 4) is 10.6 Å². The molecule has 1 aromatic carbocycles. The summed E-state index contributed by atoms with van der Waals surface area (Å²) in [4.78, 5) is 5.89. The molecule has 0 saturated carbocycles. The summed E-state index contributed by atoms with van der Waals surface area (Å²) in [6.07, 6.45) is 0.951. The van der Waals surface area contributed by atoms with E-state index in [-0.39, 0.29) is 0 Å². The number of nitrogens with zero attached hydrogens (tertiary/aromatic N) is 1. The fourth-order valence-corrected chi connectivity index (χ4v) is 2.99. The van der Waals surface area contributed by atoms with E-state index in [4.69, 9.17) is 5.73 Å². The van der Waals surface area contributed by atoms with Gasteiger partial charge in [-0.1, -0.05) is 45.0 Å². The van der Waals surface area contributed by atoms with Gasteiger partial charge in [0.05, 0.1) is 5.69 Å². The topological polar surface area (TPSA) is 38.9 Å². The standard InChI is InChI=1S/C15H20N2S/c1-4-13-14(9-16)18-15(17-13)12-7-5-11(6-8-12)10(2)3/h5-8,10H,4,9,16H2,1-3H3. The fraction of sp³-hybridized carbons (Fsp3) is 0.400. The third-order valence-electron chi connectivity index (χ3n) is 3.12. The number of thiazole rings is 1. The Balaban J connectivity index is 2.33. The Morgan fingerprint density at radius 3 is 2.33 bits per heavy atom. The molecule has 0 radical (unpaired) electrons. The molecule has 0 fully saturated rings. The van der Waals surface area contributed by atoms with Crippen LogP contribution in [0.1, 0.15) is 42.8 Å². The highest BCUT2D eigenvalue weighted by Crippen LogP contribution is 2.29. The summed E-state index contributed by atoms with van der Waals surface area (Å²) in [6, 6.07) is 8.70. The van der Waals surface area contributed by atoms with Crippen LogP contribution in [0.3, 0.4) is 0 Å². The van der Waals surface area contributed by atoms with Crippen LogP contribution in [0.5, 0.6) is 0 Å². The van der Waals surface area contributed by atoms with Gasteiger partial charge in [0.25, 0.3) is 0 Å². The van der Waals surface area contributed by atoms with Crippen LogP contribution in [-0.4, -0.2) is 4.98 Å². The summed E-state index contributed by atoms with van der Waals surface area (Å²) in [5.41, 5.74) is 9.45. The highest BCUT2D eigenvalue weighted by molar-refractivity contribution is 7.15. The molecule has 1 heterocycles. The van der Waals surface area contributed by atoms with E-state index in [1.807, 2.05) is 0 Å². The van der Waals surface area contributed by atoms with E-state index in [2.05, 4.69) is 50.0 Å². The summed E-state index contributed by atoms with van der Waals surface area (Å²) in [6.45, 7) is 7.13. The Morgan fingerprint density at radius 2 is 1.89 bits per heavy atom. The van der Waals surface area contributed by atoms with Gasteiger partial charge in [0, 0.05) is 17.0 Å². The molecular weight excluding hydrogens is 240 g/mol. The number of rotatable bonds is 4. The SMILES string of the molecule is CCc1nc(-c2ccc(C(C)C)cc2)sc1CN. The Bertz CT molecular complexity index is 490. The third-order valence-corrected chi connectivity index (χ3v) is 4.29. The highest BCUT2D eigenvalue weighted by Gasteiger charge is 2.10. The number of hydrogen-bond acceptors (Lipinski definition) is 3. The van der Waals surface area contributed by atoms with Crippen molar-refractivity contribution in [3.05, 3.63) is 40.4 Å². The average molecular weight is 260 g/mol. The van der Waals surface area contributed by atoms with Crippen molar-refractivity contribution in [2.24, 2.45) is 5.73 Å². The van der Waals surface area contributed by atoms with Gasteiger partial charge in [-0.25, -0.2) is 4.98 Å². The Kier molecular flexibility index (Phi) is 4.15. The van der Waals surface area contributed by atoms with Crippen molar-refractivity contribution in [3.63, 3.8) is 0 Å². The van der Waals surface area contributed by atoms with E-state index in [1.54, 1.807) is 11.3 Å². The average Bonchev–Trinajstić information content (AvgIpc) is 2.82. The fourth-order valence-electron chi connectivity index (χ4n) is 1.95. The molecule has 2 nitrogen and oxygen atoms in total. The molecule has 0 amide bonds. The van der Waals surface area contributed by atoms with E-state index in [1.165, 1.54) is 16.0 Å². The Hall–Kier alpha value is -1.19. The van der Waals surface area contributed by atoms with Crippen LogP contribution in [-0.2, 0) is 13.0 Å². The molecule has 0 spiro atoms. The second kappa shape index (κ2) is 5.63. The van der Waals surface area contributed by atoms with Crippen LogP contribution < -0.4 is 5.73 Å². The second-order valence-corrected chi connectivity index (χ2v) is 5.81. The summed E-state index contributed by atoms with van der Waals surface area (Å²) >= 11 is 1.72. The molecule has 0 aliphatic rings. The van der Waals surface area contributed by atoms with Crippen LogP contribution in [0.25, 0.3) is 10.6 Å². The predicted octanol–water partition coefficient (Wildman–Crippen LogP) is 3.95. The second-order valence-electron chi connectivity index (χ2n) is 4.72. The van der Waals surface area contributed by atoms with Crippen LogP contribution in [0.4, 0.5) is 0 Å². The van der Waals surface area contributed by atoms with Gasteiger partial charge in [-0.15, -0.1) is 11.3 Å². The summed E-state index contributed by atoms with van der Waals surface area (Å²) in [5, 5.41) is 1.09. The zero-order valence-corrected chi connectivity index (χ0v) is 12.1. The van der Waals surface area contributed by atoms with Crippen LogP contribution in [0, 0.1) is 0 Å². The minimum Gasteiger partial charge on any atom is -0.326 e. The van der Waals surface area contributed by atoms with E-state index < -0.39 is 0 Å². The smallest absolute Gasteiger partial charge is 0.123 e. The largest absolute Gasteiger partial charge is 0.326 e. The minimum absolute atomic E-state index is 0.571. The first kappa shape index (κ1) is 13.2. The van der Waals surface area contributed by atoms with Crippen molar-refractivity contribution >= 4 is 11.3 Å². The van der Waals surface area contributed by atoms with E-state index in [0.717, 1.165) is 17.1 Å². The molecule has 2 aromatic rings. The Labute approximate surface area is 113 Å². The van der Waals surface area contributed by atoms with Crippen molar-refractivity contribution in [2.45, 2.75) is 39.7 Å². The maximum Gasteiger partial charge on any atom is 0.123 e.